The van der Waals surface area contributed by atoms with Crippen LogP contribution in [0.2, 0.25) is 0 Å². The van der Waals surface area contributed by atoms with Crippen LogP contribution < -0.4 is 0 Å². The van der Waals surface area contributed by atoms with E-state index < -0.39 is 0 Å². The van der Waals surface area contributed by atoms with Crippen molar-refractivity contribution in [1.82, 2.24) is 0 Å². The number of unbranched alkanes of at least 4 members (excludes halogenated alkanes) is 1. The van der Waals surface area contributed by atoms with Gasteiger partial charge in [0.2, 0.25) is 0 Å². The molecule has 0 aliphatic carbocycles. The summed E-state index contributed by atoms with van der Waals surface area (Å²) in [6.07, 6.45) is 5.95. The van der Waals surface area contributed by atoms with Crippen LogP contribution in [0.3, 0.4) is 0 Å². The lowest BCUT2D eigenvalue weighted by atomic mass is 10.0. The van der Waals surface area contributed by atoms with Crippen molar-refractivity contribution in [3.8, 4) is 0 Å². The Morgan fingerprint density at radius 3 is 2.62 bits per heavy atom. The predicted octanol–water partition coefficient (Wildman–Crippen LogP) is 4.06. The van der Waals surface area contributed by atoms with Gasteiger partial charge >= 0.3 is 0 Å². The highest BCUT2D eigenvalue weighted by Crippen LogP contribution is 2.19. The molecule has 72 valence electrons. The van der Waals surface area contributed by atoms with Crippen LogP contribution in [-0.2, 0) is 6.42 Å². The van der Waals surface area contributed by atoms with Gasteiger partial charge in [0.1, 0.15) is 0 Å². The van der Waals surface area contributed by atoms with Crippen molar-refractivity contribution in [2.45, 2.75) is 38.0 Å². The fourth-order valence-corrected chi connectivity index (χ4v) is 1.94. The highest BCUT2D eigenvalue weighted by atomic mass is 32.2. The lowest BCUT2D eigenvalue weighted by Crippen LogP contribution is -1.89. The van der Waals surface area contributed by atoms with Gasteiger partial charge in [0.05, 0.1) is 0 Å². The number of thioether (sulfide) groups is 1. The molecule has 0 aromatic heterocycles. The summed E-state index contributed by atoms with van der Waals surface area (Å²) in [4.78, 5) is 1.37. The van der Waals surface area contributed by atoms with Crippen molar-refractivity contribution in [3.63, 3.8) is 0 Å². The first kappa shape index (κ1) is 10.6. The maximum atomic E-state index is 2.29. The van der Waals surface area contributed by atoms with E-state index in [1.165, 1.54) is 35.3 Å². The third kappa shape index (κ3) is 3.07. The zero-order valence-corrected chi connectivity index (χ0v) is 9.58. The summed E-state index contributed by atoms with van der Waals surface area (Å²) in [5, 5.41) is 0. The van der Waals surface area contributed by atoms with E-state index >= 15 is 0 Å². The van der Waals surface area contributed by atoms with Gasteiger partial charge in [0.25, 0.3) is 0 Å². The smallest absolute Gasteiger partial charge is 0.00719 e. The minimum atomic E-state index is 1.23. The standard InChI is InChI=1S/C12H18S/c1-4-5-6-11-7-8-12(13-3)9-10(11)2/h7-9H,4-6H2,1-3H3. The quantitative estimate of drug-likeness (QED) is 0.651. The number of benzene rings is 1. The van der Waals surface area contributed by atoms with Crippen LogP contribution in [0.5, 0.6) is 0 Å². The molecule has 0 atom stereocenters. The summed E-state index contributed by atoms with van der Waals surface area (Å²) in [7, 11) is 0. The van der Waals surface area contributed by atoms with E-state index in [4.69, 9.17) is 0 Å². The zero-order chi connectivity index (χ0) is 9.68. The predicted molar refractivity (Wildman–Crippen MR) is 61.6 cm³/mol. The molecule has 1 rings (SSSR count). The lowest BCUT2D eigenvalue weighted by molar-refractivity contribution is 0.790. The topological polar surface area (TPSA) is 0 Å². The summed E-state index contributed by atoms with van der Waals surface area (Å²) in [6, 6.07) is 6.79. The molecule has 1 aromatic carbocycles. The molecule has 0 saturated heterocycles. The van der Waals surface area contributed by atoms with Crippen LogP contribution in [0.15, 0.2) is 23.1 Å². The van der Waals surface area contributed by atoms with Crippen LogP contribution in [0.4, 0.5) is 0 Å². The zero-order valence-electron chi connectivity index (χ0n) is 8.76. The van der Waals surface area contributed by atoms with Gasteiger partial charge in [0.15, 0.2) is 0 Å². The Kier molecular flexibility index (Phi) is 4.37. The largest absolute Gasteiger partial charge is 0.130 e. The highest BCUT2D eigenvalue weighted by molar-refractivity contribution is 7.98. The molecule has 0 nitrogen and oxygen atoms in total. The number of rotatable bonds is 4. The van der Waals surface area contributed by atoms with Crippen LogP contribution in [0.1, 0.15) is 30.9 Å². The van der Waals surface area contributed by atoms with Gasteiger partial charge in [-0.15, -0.1) is 11.8 Å². The van der Waals surface area contributed by atoms with Crippen molar-refractivity contribution in [1.29, 1.82) is 0 Å². The molecule has 0 aliphatic heterocycles. The van der Waals surface area contributed by atoms with Crippen molar-refractivity contribution < 1.29 is 0 Å². The highest BCUT2D eigenvalue weighted by Gasteiger charge is 1.98. The first-order valence-electron chi connectivity index (χ1n) is 4.91. The van der Waals surface area contributed by atoms with Crippen molar-refractivity contribution in [3.05, 3.63) is 29.3 Å². The molecule has 0 amide bonds. The number of hydrogen-bond donors (Lipinski definition) is 0. The fraction of sp³-hybridized carbons (Fsp3) is 0.500. The van der Waals surface area contributed by atoms with E-state index in [0.29, 0.717) is 0 Å². The molecule has 1 aromatic rings. The van der Waals surface area contributed by atoms with Gasteiger partial charge < -0.3 is 0 Å². The Labute approximate surface area is 85.7 Å². The lowest BCUT2D eigenvalue weighted by Gasteiger charge is -2.06. The number of hydrogen-bond acceptors (Lipinski definition) is 1. The molecule has 0 saturated carbocycles. The van der Waals surface area contributed by atoms with Crippen molar-refractivity contribution >= 4 is 11.8 Å². The average Bonchev–Trinajstić information content (AvgIpc) is 2.16. The maximum Gasteiger partial charge on any atom is 0.00719 e. The second kappa shape index (κ2) is 5.33. The van der Waals surface area contributed by atoms with Gasteiger partial charge in [-0.25, -0.2) is 0 Å². The summed E-state index contributed by atoms with van der Waals surface area (Å²) in [6.45, 7) is 4.45. The summed E-state index contributed by atoms with van der Waals surface area (Å²) < 4.78 is 0. The molecule has 0 radical (unpaired) electrons. The normalized spacial score (nSPS) is 10.4. The Hall–Kier alpha value is -0.430. The van der Waals surface area contributed by atoms with E-state index in [1.54, 1.807) is 0 Å². The molecule has 0 aliphatic rings. The monoisotopic (exact) mass is 194 g/mol. The Bertz CT molecular complexity index is 266. The van der Waals surface area contributed by atoms with E-state index in [2.05, 4.69) is 38.3 Å². The van der Waals surface area contributed by atoms with Gasteiger partial charge in [-0.2, -0.15) is 0 Å². The first-order valence-corrected chi connectivity index (χ1v) is 6.14. The van der Waals surface area contributed by atoms with Gasteiger partial charge in [-0.1, -0.05) is 19.4 Å². The van der Waals surface area contributed by atoms with E-state index in [9.17, 15) is 0 Å². The second-order valence-electron chi connectivity index (χ2n) is 3.40. The summed E-state index contributed by atoms with van der Waals surface area (Å²) >= 11 is 1.82. The van der Waals surface area contributed by atoms with Crippen molar-refractivity contribution in [2.75, 3.05) is 6.26 Å². The molecule has 0 spiro atoms. The van der Waals surface area contributed by atoms with E-state index in [1.807, 2.05) is 11.8 Å². The first-order chi connectivity index (χ1) is 6.27. The third-order valence-corrected chi connectivity index (χ3v) is 3.07. The fourth-order valence-electron chi connectivity index (χ4n) is 1.44. The van der Waals surface area contributed by atoms with Gasteiger partial charge in [0, 0.05) is 4.90 Å². The molecular formula is C12H18S. The maximum absolute atomic E-state index is 2.29. The van der Waals surface area contributed by atoms with Crippen LogP contribution >= 0.6 is 11.8 Å². The number of aryl methyl sites for hydroxylation is 2. The molecule has 0 unspecified atom stereocenters. The van der Waals surface area contributed by atoms with Gasteiger partial charge in [-0.3, -0.25) is 0 Å². The van der Waals surface area contributed by atoms with E-state index in [0.717, 1.165) is 0 Å². The average molecular weight is 194 g/mol. The molecule has 1 heteroatoms. The van der Waals surface area contributed by atoms with Crippen LogP contribution in [0.25, 0.3) is 0 Å². The van der Waals surface area contributed by atoms with E-state index in [-0.39, 0.29) is 0 Å². The Morgan fingerprint density at radius 2 is 2.08 bits per heavy atom. The molecule has 0 bridgehead atoms. The van der Waals surface area contributed by atoms with Crippen LogP contribution in [0, 0.1) is 6.92 Å². The van der Waals surface area contributed by atoms with Crippen molar-refractivity contribution in [2.24, 2.45) is 0 Å². The van der Waals surface area contributed by atoms with Gasteiger partial charge in [-0.05, 0) is 49.3 Å². The summed E-state index contributed by atoms with van der Waals surface area (Å²) in [5.41, 5.74) is 2.96. The molecule has 0 heterocycles. The van der Waals surface area contributed by atoms with Crippen LogP contribution in [-0.4, -0.2) is 6.26 Å². The molecule has 13 heavy (non-hydrogen) atoms. The molecule has 0 N–H and O–H groups in total. The minimum Gasteiger partial charge on any atom is -0.130 e. The minimum absolute atomic E-state index is 1.23. The second-order valence-corrected chi connectivity index (χ2v) is 4.28. The molecular weight excluding hydrogens is 176 g/mol. The molecule has 0 fully saturated rings. The summed E-state index contributed by atoms with van der Waals surface area (Å²) in [5.74, 6) is 0. The third-order valence-electron chi connectivity index (χ3n) is 2.35. The Balaban J connectivity index is 2.73. The Morgan fingerprint density at radius 1 is 1.31 bits per heavy atom. The SMILES string of the molecule is CCCCc1ccc(SC)cc1C.